The van der Waals surface area contributed by atoms with Crippen molar-refractivity contribution in [2.75, 3.05) is 0 Å². The van der Waals surface area contributed by atoms with E-state index in [9.17, 15) is 0 Å². The van der Waals surface area contributed by atoms with E-state index >= 15 is 0 Å². The second-order valence-electron chi connectivity index (χ2n) is 24.5. The molecular formula is C80H126. The molecule has 0 radical (unpaired) electrons. The summed E-state index contributed by atoms with van der Waals surface area (Å²) in [7, 11) is 0. The molecule has 0 heteroatoms. The van der Waals surface area contributed by atoms with E-state index in [0.717, 1.165) is 77.0 Å². The maximum absolute atomic E-state index is 2.43. The Morgan fingerprint density at radius 3 is 0.537 bits per heavy atom. The van der Waals surface area contributed by atoms with E-state index < -0.39 is 0 Å². The number of hydrogen-bond acceptors (Lipinski definition) is 0. The zero-order chi connectivity index (χ0) is 60.4. The highest BCUT2D eigenvalue weighted by molar-refractivity contribution is 5.27. The molecule has 0 rings (SSSR count). The second kappa shape index (κ2) is 52.2. The molecule has 0 saturated carbocycles. The van der Waals surface area contributed by atoms with Gasteiger partial charge in [-0.05, 0) is 280 Å². The first-order valence-electron chi connectivity index (χ1n) is 31.5. The lowest BCUT2D eigenvalue weighted by molar-refractivity contribution is 0.900. The van der Waals surface area contributed by atoms with Gasteiger partial charge in [-0.15, -0.1) is 0 Å². The summed E-state index contributed by atoms with van der Waals surface area (Å²) in [5.41, 5.74) is 23.3. The summed E-state index contributed by atoms with van der Waals surface area (Å²) >= 11 is 0. The summed E-state index contributed by atoms with van der Waals surface area (Å²) in [6.45, 7) is 44.4. The van der Waals surface area contributed by atoms with Gasteiger partial charge in [-0.1, -0.05) is 223 Å². The van der Waals surface area contributed by atoms with Gasteiger partial charge in [-0.3, -0.25) is 0 Å². The fraction of sp³-hybridized carbons (Fsp3) is 0.525. The van der Waals surface area contributed by atoms with Crippen LogP contribution in [0.1, 0.15) is 280 Å². The van der Waals surface area contributed by atoms with Crippen LogP contribution in [-0.2, 0) is 0 Å². The zero-order valence-electron chi connectivity index (χ0n) is 56.3. The highest BCUT2D eigenvalue weighted by atomic mass is 14.0. The fourth-order valence-corrected chi connectivity index (χ4v) is 8.51. The normalized spacial score (nSPS) is 14.3. The highest BCUT2D eigenvalue weighted by Gasteiger charge is 1.98. The van der Waals surface area contributed by atoms with Crippen molar-refractivity contribution in [3.63, 3.8) is 0 Å². The highest BCUT2D eigenvalue weighted by Crippen LogP contribution is 2.18. The van der Waals surface area contributed by atoms with Crippen LogP contribution in [0.15, 0.2) is 223 Å². The van der Waals surface area contributed by atoms with Crippen LogP contribution in [0.4, 0.5) is 0 Å². The van der Waals surface area contributed by atoms with Gasteiger partial charge in [-0.2, -0.15) is 0 Å². The van der Waals surface area contributed by atoms with Crippen molar-refractivity contribution in [1.82, 2.24) is 0 Å². The molecule has 0 aliphatic rings. The Balaban J connectivity index is 0. The zero-order valence-corrected chi connectivity index (χ0v) is 56.3. The van der Waals surface area contributed by atoms with E-state index in [1.165, 1.54) is 153 Å². The van der Waals surface area contributed by atoms with Gasteiger partial charge in [0.1, 0.15) is 0 Å². The SMILES string of the molecule is CC(C)=CCC/C(C)=C/CC/C(C)=C/C=C/C(C)=C/C=C/C=C(\C)CC/C=C(\C)CC/C=C(\C)CCC=C(C)C.CC(C)=CCC/C(C)=C/CC/C(C)=C/CC/C(C)=C/C=C/C=C(\C)CC/C=C(\C)CC/C=C(\C)CCC=C(C)C. The van der Waals surface area contributed by atoms with Crippen LogP contribution in [0.3, 0.4) is 0 Å². The average molecular weight is 1090 g/mol. The average Bonchev–Trinajstić information content (AvgIpc) is 3.36. The summed E-state index contributed by atoms with van der Waals surface area (Å²) in [4.78, 5) is 0. The van der Waals surface area contributed by atoms with Gasteiger partial charge in [0.2, 0.25) is 0 Å². The molecule has 0 amide bonds. The predicted octanol–water partition coefficient (Wildman–Crippen LogP) is 27.4. The maximum atomic E-state index is 2.43. The molecule has 446 valence electrons. The van der Waals surface area contributed by atoms with E-state index in [2.05, 4.69) is 272 Å². The van der Waals surface area contributed by atoms with Crippen molar-refractivity contribution >= 4 is 0 Å². The van der Waals surface area contributed by atoms with Crippen molar-refractivity contribution < 1.29 is 0 Å². The van der Waals surface area contributed by atoms with Gasteiger partial charge >= 0.3 is 0 Å². The van der Waals surface area contributed by atoms with Gasteiger partial charge in [0.15, 0.2) is 0 Å². The quantitative estimate of drug-likeness (QED) is 0.0425. The molecule has 0 aromatic heterocycles. The second-order valence-corrected chi connectivity index (χ2v) is 24.5. The monoisotopic (exact) mass is 1090 g/mol. The van der Waals surface area contributed by atoms with E-state index in [-0.39, 0.29) is 0 Å². The standard InChI is InChI=1S/C40H64.C40H62/c2*1-33(2)19-13-23-37(7)27-17-31-39(9)29-15-25-35(5)21-11-12-22-36(6)26-16-30-40(10)32-18-28-38(8)24-14-20-34(3)4/h11-12,19-22,27-30H,13-18,23-26,31-32H2,1-10H3;11-12,15,19-22,25,27-30H,13-14,16-18,23-24,26,31-32H2,1-10H3/b12-11+,35-21+,36-22+,37-27+,38-28+,39-29+,40-30+;12-11+,25-15+,35-21+,36-22+,37-27+,38-28+,39-29+,40-30+. The Labute approximate surface area is 499 Å². The molecule has 0 fully saturated rings. The summed E-state index contributed by atoms with van der Waals surface area (Å²) < 4.78 is 0. The van der Waals surface area contributed by atoms with Gasteiger partial charge in [-0.25, -0.2) is 0 Å². The molecule has 0 nitrogen and oxygen atoms in total. The van der Waals surface area contributed by atoms with E-state index in [0.29, 0.717) is 0 Å². The third-order valence-corrected chi connectivity index (χ3v) is 14.0. The van der Waals surface area contributed by atoms with Gasteiger partial charge in [0, 0.05) is 0 Å². The molecule has 0 aliphatic heterocycles. The molecule has 0 aromatic carbocycles. The third-order valence-electron chi connectivity index (χ3n) is 14.0. The van der Waals surface area contributed by atoms with E-state index in [1.54, 1.807) is 0 Å². The molecule has 0 bridgehead atoms. The van der Waals surface area contributed by atoms with Crippen molar-refractivity contribution in [2.24, 2.45) is 0 Å². The van der Waals surface area contributed by atoms with Crippen LogP contribution in [0.5, 0.6) is 0 Å². The molecule has 0 aromatic rings. The topological polar surface area (TPSA) is 0 Å². The Morgan fingerprint density at radius 2 is 0.338 bits per heavy atom. The molecule has 0 N–H and O–H groups in total. The van der Waals surface area contributed by atoms with Crippen LogP contribution in [0.2, 0.25) is 0 Å². The molecule has 0 saturated heterocycles. The molecular weight excluding hydrogens is 961 g/mol. The summed E-state index contributed by atoms with van der Waals surface area (Å²) in [6, 6.07) is 0. The minimum Gasteiger partial charge on any atom is -0.0856 e. The Hall–Kier alpha value is -4.94. The smallest absolute Gasteiger partial charge is 0.0285 e. The Bertz CT molecular complexity index is 2230. The third kappa shape index (κ3) is 57.7. The first kappa shape index (κ1) is 77.1. The molecule has 0 atom stereocenters. The van der Waals surface area contributed by atoms with Gasteiger partial charge in [0.05, 0.1) is 0 Å². The van der Waals surface area contributed by atoms with Crippen molar-refractivity contribution in [2.45, 2.75) is 280 Å². The van der Waals surface area contributed by atoms with E-state index in [1.807, 2.05) is 0 Å². The van der Waals surface area contributed by atoms with Crippen LogP contribution in [0, 0.1) is 0 Å². The minimum atomic E-state index is 1.12. The summed E-state index contributed by atoms with van der Waals surface area (Å²) in [5, 5.41) is 0. The van der Waals surface area contributed by atoms with Crippen LogP contribution in [-0.4, -0.2) is 0 Å². The number of hydrogen-bond donors (Lipinski definition) is 0. The lowest BCUT2D eigenvalue weighted by Crippen LogP contribution is -1.82. The van der Waals surface area contributed by atoms with Gasteiger partial charge < -0.3 is 0 Å². The predicted molar refractivity (Wildman–Crippen MR) is 372 cm³/mol. The lowest BCUT2D eigenvalue weighted by atomic mass is 10.0. The molecule has 80 heavy (non-hydrogen) atoms. The van der Waals surface area contributed by atoms with Gasteiger partial charge in [0.25, 0.3) is 0 Å². The van der Waals surface area contributed by atoms with Crippen molar-refractivity contribution in [1.29, 1.82) is 0 Å². The van der Waals surface area contributed by atoms with Crippen LogP contribution < -0.4 is 0 Å². The van der Waals surface area contributed by atoms with E-state index in [4.69, 9.17) is 0 Å². The number of rotatable bonds is 39. The summed E-state index contributed by atoms with van der Waals surface area (Å²) in [6.07, 6.45) is 76.0. The largest absolute Gasteiger partial charge is 0.0856 e. The first-order chi connectivity index (χ1) is 38.0. The Morgan fingerprint density at radius 1 is 0.175 bits per heavy atom. The van der Waals surface area contributed by atoms with Crippen molar-refractivity contribution in [3.8, 4) is 0 Å². The number of allylic oxidation sites excluding steroid dienone is 38. The molecule has 0 unspecified atom stereocenters. The first-order valence-corrected chi connectivity index (χ1v) is 31.5. The molecule has 0 aliphatic carbocycles. The summed E-state index contributed by atoms with van der Waals surface area (Å²) in [5.74, 6) is 0. The Kier molecular flexibility index (Phi) is 50.3. The fourth-order valence-electron chi connectivity index (χ4n) is 8.51. The molecule has 0 heterocycles. The maximum Gasteiger partial charge on any atom is -0.0285 e. The van der Waals surface area contributed by atoms with Crippen LogP contribution in [0.25, 0.3) is 0 Å². The lowest BCUT2D eigenvalue weighted by Gasteiger charge is -2.02. The van der Waals surface area contributed by atoms with Crippen LogP contribution >= 0.6 is 0 Å². The minimum absolute atomic E-state index is 1.12. The van der Waals surface area contributed by atoms with Crippen molar-refractivity contribution in [3.05, 3.63) is 223 Å². The molecule has 0 spiro atoms.